The number of aromatic nitrogens is 1. The van der Waals surface area contributed by atoms with Crippen molar-refractivity contribution in [3.8, 4) is 0 Å². The predicted octanol–water partition coefficient (Wildman–Crippen LogP) is 0.229. The van der Waals surface area contributed by atoms with Crippen molar-refractivity contribution in [3.05, 3.63) is 23.4 Å². The second-order valence-electron chi connectivity index (χ2n) is 5.24. The molecule has 0 atom stereocenters. The van der Waals surface area contributed by atoms with Crippen LogP contribution in [-0.2, 0) is 9.84 Å². The van der Waals surface area contributed by atoms with Crippen molar-refractivity contribution in [2.24, 2.45) is 5.84 Å². The standard InChI is InChI=1S/C12H20N4O3S/c1-8-5-9(6-10(15-8)16-13)11(17)14-7-12(2,3)20(4,18)19/h5-6H,7,13H2,1-4H3,(H,14,17)(H,15,16). The molecule has 0 radical (unpaired) electrons. The molecule has 0 unspecified atom stereocenters. The molecule has 1 amide bonds. The van der Waals surface area contributed by atoms with Gasteiger partial charge in [-0.25, -0.2) is 19.2 Å². The molecule has 112 valence electrons. The molecule has 4 N–H and O–H groups in total. The fourth-order valence-corrected chi connectivity index (χ4v) is 1.73. The molecule has 1 aromatic rings. The summed E-state index contributed by atoms with van der Waals surface area (Å²) in [6.45, 7) is 4.88. The molecular weight excluding hydrogens is 280 g/mol. The molecule has 8 heteroatoms. The number of rotatable bonds is 5. The zero-order chi connectivity index (χ0) is 15.6. The lowest BCUT2D eigenvalue weighted by molar-refractivity contribution is 0.0950. The molecule has 0 saturated carbocycles. The van der Waals surface area contributed by atoms with E-state index in [1.165, 1.54) is 6.07 Å². The van der Waals surface area contributed by atoms with E-state index < -0.39 is 14.6 Å². The first-order valence-electron chi connectivity index (χ1n) is 6.00. The number of pyridine rings is 1. The minimum atomic E-state index is -3.26. The van der Waals surface area contributed by atoms with Crippen LogP contribution in [0.4, 0.5) is 5.82 Å². The van der Waals surface area contributed by atoms with Crippen molar-refractivity contribution in [1.29, 1.82) is 0 Å². The number of carbonyl (C=O) groups excluding carboxylic acids is 1. The quantitative estimate of drug-likeness (QED) is 0.530. The number of carbonyl (C=O) groups is 1. The van der Waals surface area contributed by atoms with Gasteiger partial charge in [0.25, 0.3) is 5.91 Å². The van der Waals surface area contributed by atoms with Gasteiger partial charge in [-0.3, -0.25) is 4.79 Å². The van der Waals surface area contributed by atoms with E-state index in [0.717, 1.165) is 6.26 Å². The average molecular weight is 300 g/mol. The van der Waals surface area contributed by atoms with Gasteiger partial charge in [0, 0.05) is 24.1 Å². The van der Waals surface area contributed by atoms with Gasteiger partial charge < -0.3 is 10.7 Å². The lowest BCUT2D eigenvalue weighted by Crippen LogP contribution is -2.43. The van der Waals surface area contributed by atoms with Crippen LogP contribution in [0.15, 0.2) is 12.1 Å². The Balaban J connectivity index is 2.85. The molecule has 0 bridgehead atoms. The Morgan fingerprint density at radius 2 is 2.00 bits per heavy atom. The van der Waals surface area contributed by atoms with E-state index in [2.05, 4.69) is 15.7 Å². The number of amides is 1. The van der Waals surface area contributed by atoms with Crippen molar-refractivity contribution in [2.45, 2.75) is 25.5 Å². The molecule has 0 aliphatic heterocycles. The van der Waals surface area contributed by atoms with Gasteiger partial charge in [0.2, 0.25) is 0 Å². The van der Waals surface area contributed by atoms with Crippen LogP contribution in [0.3, 0.4) is 0 Å². The van der Waals surface area contributed by atoms with Crippen molar-refractivity contribution in [1.82, 2.24) is 10.3 Å². The van der Waals surface area contributed by atoms with Crippen LogP contribution < -0.4 is 16.6 Å². The van der Waals surface area contributed by atoms with Crippen LogP contribution in [-0.4, -0.2) is 36.9 Å². The summed E-state index contributed by atoms with van der Waals surface area (Å²) in [5.74, 6) is 5.27. The molecule has 20 heavy (non-hydrogen) atoms. The molecule has 1 rings (SSSR count). The second-order valence-corrected chi connectivity index (χ2v) is 7.89. The van der Waals surface area contributed by atoms with Crippen molar-refractivity contribution in [3.63, 3.8) is 0 Å². The number of nitrogens with zero attached hydrogens (tertiary/aromatic N) is 1. The van der Waals surface area contributed by atoms with Gasteiger partial charge in [0.15, 0.2) is 9.84 Å². The molecule has 0 saturated heterocycles. The normalized spacial score (nSPS) is 12.1. The number of aryl methyl sites for hydroxylation is 1. The summed E-state index contributed by atoms with van der Waals surface area (Å²) >= 11 is 0. The van der Waals surface area contributed by atoms with Gasteiger partial charge in [-0.2, -0.15) is 0 Å². The van der Waals surface area contributed by atoms with Crippen LogP contribution in [0.2, 0.25) is 0 Å². The molecule has 0 aliphatic rings. The summed E-state index contributed by atoms with van der Waals surface area (Å²) in [6.07, 6.45) is 1.15. The molecule has 0 aromatic carbocycles. The first-order chi connectivity index (χ1) is 9.06. The van der Waals surface area contributed by atoms with E-state index in [9.17, 15) is 13.2 Å². The van der Waals surface area contributed by atoms with Crippen LogP contribution in [0.5, 0.6) is 0 Å². The van der Waals surface area contributed by atoms with Gasteiger partial charge in [0.05, 0.1) is 4.75 Å². The van der Waals surface area contributed by atoms with E-state index in [4.69, 9.17) is 5.84 Å². The largest absolute Gasteiger partial charge is 0.350 e. The van der Waals surface area contributed by atoms with Crippen molar-refractivity contribution >= 4 is 21.6 Å². The topological polar surface area (TPSA) is 114 Å². The highest BCUT2D eigenvalue weighted by Crippen LogP contribution is 2.14. The van der Waals surface area contributed by atoms with E-state index in [-0.39, 0.29) is 12.5 Å². The third-order valence-corrected chi connectivity index (χ3v) is 5.19. The highest BCUT2D eigenvalue weighted by atomic mass is 32.2. The summed E-state index contributed by atoms with van der Waals surface area (Å²) in [6, 6.07) is 3.10. The smallest absolute Gasteiger partial charge is 0.251 e. The number of hydrogen-bond acceptors (Lipinski definition) is 6. The molecule has 0 fully saturated rings. The Morgan fingerprint density at radius 3 is 2.50 bits per heavy atom. The van der Waals surface area contributed by atoms with Gasteiger partial charge in [0.1, 0.15) is 5.82 Å². The number of hydrazine groups is 1. The summed E-state index contributed by atoms with van der Waals surface area (Å²) in [5.41, 5.74) is 3.38. The number of anilines is 1. The number of nitrogens with two attached hydrogens (primary N) is 1. The minimum Gasteiger partial charge on any atom is -0.350 e. The number of nitrogen functional groups attached to an aromatic ring is 1. The van der Waals surface area contributed by atoms with E-state index in [0.29, 0.717) is 17.1 Å². The number of sulfone groups is 1. The maximum Gasteiger partial charge on any atom is 0.251 e. The van der Waals surface area contributed by atoms with Crippen molar-refractivity contribution < 1.29 is 13.2 Å². The number of hydrogen-bond donors (Lipinski definition) is 3. The Bertz CT molecular complexity index is 611. The van der Waals surface area contributed by atoms with Crippen molar-refractivity contribution in [2.75, 3.05) is 18.2 Å². The van der Waals surface area contributed by atoms with Crippen LogP contribution in [0.25, 0.3) is 0 Å². The van der Waals surface area contributed by atoms with Gasteiger partial charge in [-0.05, 0) is 32.9 Å². The maximum absolute atomic E-state index is 12.0. The third kappa shape index (κ3) is 3.91. The monoisotopic (exact) mass is 300 g/mol. The Labute approximate surface area is 118 Å². The van der Waals surface area contributed by atoms with Crippen LogP contribution >= 0.6 is 0 Å². The summed E-state index contributed by atoms with van der Waals surface area (Å²) < 4.78 is 22.1. The first-order valence-corrected chi connectivity index (χ1v) is 7.89. The van der Waals surface area contributed by atoms with Gasteiger partial charge in [-0.1, -0.05) is 0 Å². The fourth-order valence-electron chi connectivity index (χ4n) is 1.40. The Hall–Kier alpha value is -1.67. The average Bonchev–Trinajstić information content (AvgIpc) is 2.33. The molecule has 0 aliphatic carbocycles. The molecular formula is C12H20N4O3S. The predicted molar refractivity (Wildman–Crippen MR) is 78.0 cm³/mol. The lowest BCUT2D eigenvalue weighted by Gasteiger charge is -2.22. The zero-order valence-electron chi connectivity index (χ0n) is 12.0. The van der Waals surface area contributed by atoms with E-state index in [1.807, 2.05) is 0 Å². The first kappa shape index (κ1) is 16.4. The Morgan fingerprint density at radius 1 is 1.40 bits per heavy atom. The summed E-state index contributed by atoms with van der Waals surface area (Å²) in [7, 11) is -3.26. The molecule has 0 spiro atoms. The van der Waals surface area contributed by atoms with E-state index >= 15 is 0 Å². The molecule has 1 heterocycles. The third-order valence-electron chi connectivity index (χ3n) is 3.04. The minimum absolute atomic E-state index is 0.0252. The summed E-state index contributed by atoms with van der Waals surface area (Å²) in [4.78, 5) is 16.1. The SMILES string of the molecule is Cc1cc(C(=O)NCC(C)(C)S(C)(=O)=O)cc(NN)n1. The number of nitrogens with one attached hydrogen (secondary N) is 2. The van der Waals surface area contributed by atoms with E-state index in [1.54, 1.807) is 26.8 Å². The van der Waals surface area contributed by atoms with Gasteiger partial charge >= 0.3 is 0 Å². The molecule has 7 nitrogen and oxygen atoms in total. The molecule has 1 aromatic heterocycles. The van der Waals surface area contributed by atoms with Crippen LogP contribution in [0.1, 0.15) is 29.9 Å². The second kappa shape index (κ2) is 5.76. The fraction of sp³-hybridized carbons (Fsp3) is 0.500. The lowest BCUT2D eigenvalue weighted by atomic mass is 10.2. The van der Waals surface area contributed by atoms with Gasteiger partial charge in [-0.15, -0.1) is 0 Å². The maximum atomic E-state index is 12.0. The highest BCUT2D eigenvalue weighted by molar-refractivity contribution is 7.92. The Kier molecular flexibility index (Phi) is 4.72. The zero-order valence-corrected chi connectivity index (χ0v) is 12.8. The van der Waals surface area contributed by atoms with Crippen LogP contribution in [0, 0.1) is 6.92 Å². The summed E-state index contributed by atoms with van der Waals surface area (Å²) in [5, 5.41) is 2.61. The highest BCUT2D eigenvalue weighted by Gasteiger charge is 2.30.